The van der Waals surface area contributed by atoms with Gasteiger partial charge in [-0.15, -0.1) is 0 Å². The number of carbonyl (C=O) groups is 1. The van der Waals surface area contributed by atoms with Gasteiger partial charge in [0, 0.05) is 28.9 Å². The van der Waals surface area contributed by atoms with Crippen LogP contribution in [0.25, 0.3) is 0 Å². The van der Waals surface area contributed by atoms with Crippen LogP contribution < -0.4 is 5.32 Å². The van der Waals surface area contributed by atoms with Crippen LogP contribution in [0, 0.1) is 13.8 Å². The standard InChI is InChI=1S/C14H20ClNO4S/c1-5-20-8-11(4)16-14(17)12-7-13(21(15,18)19)10(3)6-9(12)2/h6-7,11H,5,8H2,1-4H3,(H,16,17). The number of rotatable bonds is 6. The molecule has 0 aliphatic rings. The van der Waals surface area contributed by atoms with Crippen molar-refractivity contribution in [2.45, 2.75) is 38.6 Å². The molecule has 118 valence electrons. The highest BCUT2D eigenvalue weighted by atomic mass is 35.7. The van der Waals surface area contributed by atoms with E-state index in [0.29, 0.717) is 29.9 Å². The van der Waals surface area contributed by atoms with E-state index in [9.17, 15) is 13.2 Å². The second-order valence-electron chi connectivity index (χ2n) is 4.90. The summed E-state index contributed by atoms with van der Waals surface area (Å²) in [5.41, 5.74) is 1.50. The number of benzene rings is 1. The summed E-state index contributed by atoms with van der Waals surface area (Å²) in [5, 5.41) is 2.77. The summed E-state index contributed by atoms with van der Waals surface area (Å²) in [5.74, 6) is -0.346. The zero-order chi connectivity index (χ0) is 16.2. The van der Waals surface area contributed by atoms with E-state index in [0.717, 1.165) is 0 Å². The molecule has 5 nitrogen and oxygen atoms in total. The summed E-state index contributed by atoms with van der Waals surface area (Å²) in [6.45, 7) is 8.04. The Morgan fingerprint density at radius 3 is 2.48 bits per heavy atom. The second kappa shape index (κ2) is 7.24. The van der Waals surface area contributed by atoms with Crippen LogP contribution in [0.1, 0.15) is 35.3 Å². The fraction of sp³-hybridized carbons (Fsp3) is 0.500. The molecule has 1 unspecified atom stereocenters. The molecule has 0 aliphatic heterocycles. The Balaban J connectivity index is 3.05. The fourth-order valence-corrected chi connectivity index (χ4v) is 3.18. The zero-order valence-electron chi connectivity index (χ0n) is 12.6. The van der Waals surface area contributed by atoms with Crippen molar-refractivity contribution in [3.8, 4) is 0 Å². The average Bonchev–Trinajstić information content (AvgIpc) is 2.34. The van der Waals surface area contributed by atoms with E-state index in [2.05, 4.69) is 5.32 Å². The first kappa shape index (κ1) is 17.9. The molecule has 0 bridgehead atoms. The normalized spacial score (nSPS) is 13.0. The molecule has 0 saturated heterocycles. The predicted molar refractivity (Wildman–Crippen MR) is 82.4 cm³/mol. The largest absolute Gasteiger partial charge is 0.380 e. The maximum atomic E-state index is 12.2. The van der Waals surface area contributed by atoms with Crippen molar-refractivity contribution in [2.24, 2.45) is 0 Å². The van der Waals surface area contributed by atoms with Gasteiger partial charge < -0.3 is 10.1 Å². The van der Waals surface area contributed by atoms with Crippen LogP contribution in [0.4, 0.5) is 0 Å². The molecule has 0 fully saturated rings. The third-order valence-electron chi connectivity index (χ3n) is 2.98. The van der Waals surface area contributed by atoms with E-state index in [4.69, 9.17) is 15.4 Å². The monoisotopic (exact) mass is 333 g/mol. The van der Waals surface area contributed by atoms with Crippen LogP contribution in [0.5, 0.6) is 0 Å². The number of hydrogen-bond acceptors (Lipinski definition) is 4. The topological polar surface area (TPSA) is 72.5 Å². The molecule has 0 radical (unpaired) electrons. The van der Waals surface area contributed by atoms with Gasteiger partial charge in [-0.1, -0.05) is 6.07 Å². The van der Waals surface area contributed by atoms with Gasteiger partial charge in [0.15, 0.2) is 0 Å². The Labute approximate surface area is 130 Å². The van der Waals surface area contributed by atoms with Crippen LogP contribution in [-0.2, 0) is 13.8 Å². The third kappa shape index (κ3) is 4.98. The van der Waals surface area contributed by atoms with Gasteiger partial charge in [-0.25, -0.2) is 8.42 Å². The van der Waals surface area contributed by atoms with Crippen LogP contribution in [0.2, 0.25) is 0 Å². The summed E-state index contributed by atoms with van der Waals surface area (Å²) in [6, 6.07) is 2.78. The molecule has 1 amide bonds. The number of hydrogen-bond donors (Lipinski definition) is 1. The lowest BCUT2D eigenvalue weighted by molar-refractivity contribution is 0.0871. The van der Waals surface area contributed by atoms with Crippen molar-refractivity contribution in [3.63, 3.8) is 0 Å². The average molecular weight is 334 g/mol. The predicted octanol–water partition coefficient (Wildman–Crippen LogP) is 2.39. The Kier molecular flexibility index (Phi) is 6.19. The highest BCUT2D eigenvalue weighted by Gasteiger charge is 2.19. The van der Waals surface area contributed by atoms with Crippen LogP contribution >= 0.6 is 10.7 Å². The first-order valence-electron chi connectivity index (χ1n) is 6.61. The van der Waals surface area contributed by atoms with Crippen LogP contribution in [0.15, 0.2) is 17.0 Å². The van der Waals surface area contributed by atoms with Gasteiger partial charge >= 0.3 is 0 Å². The van der Waals surface area contributed by atoms with Crippen molar-refractivity contribution in [1.29, 1.82) is 0 Å². The molecule has 1 aromatic rings. The number of nitrogens with one attached hydrogen (secondary N) is 1. The lowest BCUT2D eigenvalue weighted by Crippen LogP contribution is -2.36. The molecule has 0 aromatic heterocycles. The molecular weight excluding hydrogens is 314 g/mol. The van der Waals surface area contributed by atoms with Crippen LogP contribution in [0.3, 0.4) is 0 Å². The van der Waals surface area contributed by atoms with Crippen molar-refractivity contribution < 1.29 is 17.9 Å². The lowest BCUT2D eigenvalue weighted by Gasteiger charge is -2.15. The molecule has 0 saturated carbocycles. The van der Waals surface area contributed by atoms with Crippen molar-refractivity contribution >= 4 is 25.6 Å². The number of halogens is 1. The Hall–Kier alpha value is -1.11. The van der Waals surface area contributed by atoms with Crippen molar-refractivity contribution in [1.82, 2.24) is 5.32 Å². The smallest absolute Gasteiger partial charge is 0.261 e. The molecule has 1 N–H and O–H groups in total. The highest BCUT2D eigenvalue weighted by Crippen LogP contribution is 2.23. The first-order valence-corrected chi connectivity index (χ1v) is 8.92. The maximum absolute atomic E-state index is 12.2. The molecule has 1 rings (SSSR count). The third-order valence-corrected chi connectivity index (χ3v) is 4.44. The van der Waals surface area contributed by atoms with Crippen molar-refractivity contribution in [2.75, 3.05) is 13.2 Å². The minimum atomic E-state index is -3.88. The van der Waals surface area contributed by atoms with E-state index in [1.165, 1.54) is 6.07 Å². The summed E-state index contributed by atoms with van der Waals surface area (Å²) >= 11 is 0. The first-order chi connectivity index (χ1) is 9.66. The Bertz CT molecular complexity index is 628. The van der Waals surface area contributed by atoms with E-state index >= 15 is 0 Å². The summed E-state index contributed by atoms with van der Waals surface area (Å²) < 4.78 is 28.3. The summed E-state index contributed by atoms with van der Waals surface area (Å²) in [4.78, 5) is 12.2. The fourth-order valence-electron chi connectivity index (χ4n) is 1.98. The van der Waals surface area contributed by atoms with Gasteiger partial charge in [-0.2, -0.15) is 0 Å². The van der Waals surface area contributed by atoms with Gasteiger partial charge in [0.25, 0.3) is 15.0 Å². The van der Waals surface area contributed by atoms with Crippen LogP contribution in [-0.4, -0.2) is 33.6 Å². The van der Waals surface area contributed by atoms with E-state index in [-0.39, 0.29) is 16.8 Å². The maximum Gasteiger partial charge on any atom is 0.261 e. The quantitative estimate of drug-likeness (QED) is 0.811. The number of amides is 1. The lowest BCUT2D eigenvalue weighted by atomic mass is 10.0. The van der Waals surface area contributed by atoms with Gasteiger partial charge in [-0.3, -0.25) is 4.79 Å². The number of carbonyl (C=O) groups excluding carboxylic acids is 1. The van der Waals surface area contributed by atoms with Gasteiger partial charge in [0.05, 0.1) is 11.5 Å². The van der Waals surface area contributed by atoms with Gasteiger partial charge in [-0.05, 0) is 44.9 Å². The number of aryl methyl sites for hydroxylation is 2. The Morgan fingerprint density at radius 2 is 1.95 bits per heavy atom. The van der Waals surface area contributed by atoms with Gasteiger partial charge in [0.2, 0.25) is 0 Å². The molecule has 7 heteroatoms. The van der Waals surface area contributed by atoms with Gasteiger partial charge in [0.1, 0.15) is 0 Å². The summed E-state index contributed by atoms with van der Waals surface area (Å²) in [7, 11) is 1.51. The minimum absolute atomic E-state index is 0.0441. The molecule has 1 aromatic carbocycles. The molecule has 0 heterocycles. The second-order valence-corrected chi connectivity index (χ2v) is 7.44. The SMILES string of the molecule is CCOCC(C)NC(=O)c1cc(S(=O)(=O)Cl)c(C)cc1C. The molecule has 0 aliphatic carbocycles. The molecule has 0 spiro atoms. The zero-order valence-corrected chi connectivity index (χ0v) is 14.1. The molecule has 21 heavy (non-hydrogen) atoms. The molecular formula is C14H20ClNO4S. The number of ether oxygens (including phenoxy) is 1. The van der Waals surface area contributed by atoms with E-state index in [1.54, 1.807) is 19.9 Å². The summed E-state index contributed by atoms with van der Waals surface area (Å²) in [6.07, 6.45) is 0. The minimum Gasteiger partial charge on any atom is -0.380 e. The molecule has 1 atom stereocenters. The Morgan fingerprint density at radius 1 is 1.33 bits per heavy atom. The van der Waals surface area contributed by atoms with E-state index < -0.39 is 9.05 Å². The highest BCUT2D eigenvalue weighted by molar-refractivity contribution is 8.13. The van der Waals surface area contributed by atoms with E-state index in [1.807, 2.05) is 13.8 Å². The van der Waals surface area contributed by atoms with Crippen molar-refractivity contribution in [3.05, 3.63) is 28.8 Å².